The van der Waals surface area contributed by atoms with E-state index in [0.717, 1.165) is 0 Å². The van der Waals surface area contributed by atoms with Gasteiger partial charge in [-0.2, -0.15) is 0 Å². The minimum absolute atomic E-state index is 0.0910. The largest absolute Gasteiger partial charge is 0.391 e. The first-order valence-electron chi connectivity index (χ1n) is 5.71. The SMILES string of the molecule is CC(O)C(C)(C)NC(=O)CC(N)C(C)(C)C. The molecule has 1 amide bonds. The van der Waals surface area contributed by atoms with Crippen molar-refractivity contribution in [1.29, 1.82) is 0 Å². The van der Waals surface area contributed by atoms with Gasteiger partial charge in [-0.15, -0.1) is 0 Å². The lowest BCUT2D eigenvalue weighted by atomic mass is 9.85. The van der Waals surface area contributed by atoms with Gasteiger partial charge in [0.1, 0.15) is 0 Å². The Bertz CT molecular complexity index is 242. The van der Waals surface area contributed by atoms with Gasteiger partial charge >= 0.3 is 0 Å². The predicted octanol–water partition coefficient (Wildman–Crippen LogP) is 1.03. The smallest absolute Gasteiger partial charge is 0.222 e. The zero-order valence-electron chi connectivity index (χ0n) is 11.3. The summed E-state index contributed by atoms with van der Waals surface area (Å²) in [5.74, 6) is -0.117. The summed E-state index contributed by atoms with van der Waals surface area (Å²) in [4.78, 5) is 11.7. The maximum absolute atomic E-state index is 11.7. The molecule has 2 atom stereocenters. The number of aliphatic hydroxyl groups is 1. The molecule has 0 rings (SSSR count). The summed E-state index contributed by atoms with van der Waals surface area (Å²) in [6.45, 7) is 11.3. The molecular formula is C12H26N2O2. The average Bonchev–Trinajstić information content (AvgIpc) is 2.00. The summed E-state index contributed by atoms with van der Waals surface area (Å²) in [5, 5.41) is 12.3. The second-order valence-electron chi connectivity index (χ2n) is 6.12. The van der Waals surface area contributed by atoms with Crippen LogP contribution in [-0.4, -0.2) is 28.7 Å². The Morgan fingerprint density at radius 1 is 1.31 bits per heavy atom. The lowest BCUT2D eigenvalue weighted by molar-refractivity contribution is -0.124. The van der Waals surface area contributed by atoms with Crippen LogP contribution in [0.15, 0.2) is 0 Å². The number of hydrogen-bond donors (Lipinski definition) is 3. The highest BCUT2D eigenvalue weighted by atomic mass is 16.3. The summed E-state index contributed by atoms with van der Waals surface area (Å²) in [7, 11) is 0. The molecule has 0 saturated heterocycles. The van der Waals surface area contributed by atoms with E-state index in [-0.39, 0.29) is 23.8 Å². The number of carbonyl (C=O) groups is 1. The third kappa shape index (κ3) is 4.94. The molecule has 4 nitrogen and oxygen atoms in total. The molecule has 0 spiro atoms. The highest BCUT2D eigenvalue weighted by Gasteiger charge is 2.29. The second kappa shape index (κ2) is 5.15. The number of hydrogen-bond acceptors (Lipinski definition) is 3. The first-order chi connectivity index (χ1) is 6.97. The van der Waals surface area contributed by atoms with Crippen LogP contribution in [0.25, 0.3) is 0 Å². The van der Waals surface area contributed by atoms with Crippen molar-refractivity contribution < 1.29 is 9.90 Å². The normalized spacial score (nSPS) is 16.8. The molecule has 0 aromatic carbocycles. The summed E-state index contributed by atoms with van der Waals surface area (Å²) in [5.41, 5.74) is 5.22. The lowest BCUT2D eigenvalue weighted by Gasteiger charge is -2.32. The van der Waals surface area contributed by atoms with Crippen molar-refractivity contribution in [2.75, 3.05) is 0 Å². The van der Waals surface area contributed by atoms with Crippen molar-refractivity contribution in [2.24, 2.45) is 11.1 Å². The molecule has 0 aliphatic rings. The van der Waals surface area contributed by atoms with Gasteiger partial charge in [-0.25, -0.2) is 0 Å². The van der Waals surface area contributed by atoms with Crippen molar-refractivity contribution >= 4 is 5.91 Å². The lowest BCUT2D eigenvalue weighted by Crippen LogP contribution is -2.52. The molecule has 0 saturated carbocycles. The molecule has 0 aliphatic heterocycles. The Balaban J connectivity index is 4.30. The van der Waals surface area contributed by atoms with Crippen molar-refractivity contribution in [3.05, 3.63) is 0 Å². The van der Waals surface area contributed by atoms with Crippen LogP contribution >= 0.6 is 0 Å². The van der Waals surface area contributed by atoms with Gasteiger partial charge in [0.15, 0.2) is 0 Å². The van der Waals surface area contributed by atoms with Gasteiger partial charge in [-0.3, -0.25) is 4.79 Å². The quantitative estimate of drug-likeness (QED) is 0.675. The Labute approximate surface area is 98.6 Å². The molecule has 0 radical (unpaired) electrons. The monoisotopic (exact) mass is 230 g/mol. The first kappa shape index (κ1) is 15.4. The summed E-state index contributed by atoms with van der Waals surface area (Å²) < 4.78 is 0. The van der Waals surface area contributed by atoms with Gasteiger partial charge in [0.05, 0.1) is 11.6 Å². The fraction of sp³-hybridized carbons (Fsp3) is 0.917. The van der Waals surface area contributed by atoms with Gasteiger partial charge in [-0.05, 0) is 26.2 Å². The van der Waals surface area contributed by atoms with E-state index in [0.29, 0.717) is 0 Å². The molecule has 0 fully saturated rings. The zero-order valence-corrected chi connectivity index (χ0v) is 11.3. The molecule has 0 aromatic rings. The Morgan fingerprint density at radius 3 is 2.06 bits per heavy atom. The molecular weight excluding hydrogens is 204 g/mol. The Kier molecular flexibility index (Phi) is 4.95. The van der Waals surface area contributed by atoms with Crippen molar-refractivity contribution in [3.8, 4) is 0 Å². The molecule has 4 N–H and O–H groups in total. The molecule has 2 unspecified atom stereocenters. The second-order valence-corrected chi connectivity index (χ2v) is 6.12. The number of nitrogens with two attached hydrogens (primary N) is 1. The minimum atomic E-state index is -0.616. The highest BCUT2D eigenvalue weighted by Crippen LogP contribution is 2.20. The molecule has 0 heterocycles. The number of rotatable bonds is 4. The number of nitrogens with one attached hydrogen (secondary N) is 1. The van der Waals surface area contributed by atoms with E-state index >= 15 is 0 Å². The van der Waals surface area contributed by atoms with Crippen LogP contribution in [0.3, 0.4) is 0 Å². The maximum atomic E-state index is 11.7. The van der Waals surface area contributed by atoms with Gasteiger partial charge in [0, 0.05) is 12.5 Å². The van der Waals surface area contributed by atoms with E-state index in [1.54, 1.807) is 20.8 Å². The molecule has 0 aromatic heterocycles. The van der Waals surface area contributed by atoms with E-state index < -0.39 is 11.6 Å². The molecule has 0 aliphatic carbocycles. The topological polar surface area (TPSA) is 75.3 Å². The zero-order chi connectivity index (χ0) is 13.1. The third-order valence-electron chi connectivity index (χ3n) is 3.02. The fourth-order valence-corrected chi connectivity index (χ4v) is 1.02. The number of carbonyl (C=O) groups excluding carboxylic acids is 1. The van der Waals surface area contributed by atoms with E-state index in [1.165, 1.54) is 0 Å². The van der Waals surface area contributed by atoms with Crippen LogP contribution in [0.4, 0.5) is 0 Å². The maximum Gasteiger partial charge on any atom is 0.222 e. The van der Waals surface area contributed by atoms with Crippen LogP contribution in [0.1, 0.15) is 48.0 Å². The van der Waals surface area contributed by atoms with Gasteiger partial charge < -0.3 is 16.2 Å². The van der Waals surface area contributed by atoms with Crippen LogP contribution in [0, 0.1) is 5.41 Å². The average molecular weight is 230 g/mol. The van der Waals surface area contributed by atoms with E-state index in [2.05, 4.69) is 5.32 Å². The minimum Gasteiger partial charge on any atom is -0.391 e. The predicted molar refractivity (Wildman–Crippen MR) is 65.9 cm³/mol. The summed E-state index contributed by atoms with van der Waals surface area (Å²) in [6.07, 6.45) is -0.318. The Morgan fingerprint density at radius 2 is 1.75 bits per heavy atom. The fourth-order valence-electron chi connectivity index (χ4n) is 1.02. The van der Waals surface area contributed by atoms with Crippen LogP contribution in [-0.2, 0) is 4.79 Å². The van der Waals surface area contributed by atoms with E-state index in [9.17, 15) is 9.90 Å². The van der Waals surface area contributed by atoms with E-state index in [1.807, 2.05) is 20.8 Å². The molecule has 16 heavy (non-hydrogen) atoms. The molecule has 96 valence electrons. The Hall–Kier alpha value is -0.610. The highest BCUT2D eigenvalue weighted by molar-refractivity contribution is 5.77. The summed E-state index contributed by atoms with van der Waals surface area (Å²) in [6, 6.07) is -0.183. The van der Waals surface area contributed by atoms with Gasteiger partial charge in [-0.1, -0.05) is 20.8 Å². The number of amides is 1. The van der Waals surface area contributed by atoms with Crippen LogP contribution < -0.4 is 11.1 Å². The standard InChI is InChI=1S/C12H26N2O2/c1-8(15)12(5,6)14-10(16)7-9(13)11(2,3)4/h8-9,15H,7,13H2,1-6H3,(H,14,16). The molecule has 0 bridgehead atoms. The van der Waals surface area contributed by atoms with Gasteiger partial charge in [0.2, 0.25) is 5.91 Å². The number of aliphatic hydroxyl groups excluding tert-OH is 1. The van der Waals surface area contributed by atoms with Crippen LogP contribution in [0.2, 0.25) is 0 Å². The van der Waals surface area contributed by atoms with E-state index in [4.69, 9.17) is 5.73 Å². The van der Waals surface area contributed by atoms with Crippen LogP contribution in [0.5, 0.6) is 0 Å². The van der Waals surface area contributed by atoms with Crippen molar-refractivity contribution in [2.45, 2.75) is 65.6 Å². The van der Waals surface area contributed by atoms with Crippen molar-refractivity contribution in [1.82, 2.24) is 5.32 Å². The van der Waals surface area contributed by atoms with Crippen molar-refractivity contribution in [3.63, 3.8) is 0 Å². The van der Waals surface area contributed by atoms with Gasteiger partial charge in [0.25, 0.3) is 0 Å². The molecule has 4 heteroatoms. The summed E-state index contributed by atoms with van der Waals surface area (Å²) >= 11 is 0. The third-order valence-corrected chi connectivity index (χ3v) is 3.02. The first-order valence-corrected chi connectivity index (χ1v) is 5.71.